The Morgan fingerprint density at radius 1 is 1.17 bits per heavy atom. The maximum absolute atomic E-state index is 13.2. The maximum atomic E-state index is 13.2. The molecule has 1 aromatic carbocycles. The van der Waals surface area contributed by atoms with Crippen molar-refractivity contribution in [2.45, 2.75) is 46.1 Å². The third-order valence-electron chi connectivity index (χ3n) is 4.89. The van der Waals surface area contributed by atoms with Gasteiger partial charge >= 0.3 is 0 Å². The Morgan fingerprint density at radius 2 is 1.90 bits per heavy atom. The monoisotopic (exact) mass is 394 g/mol. The fraction of sp³-hybridized carbons (Fsp3) is 0.435. The predicted molar refractivity (Wildman–Crippen MR) is 116 cm³/mol. The molecule has 0 saturated carbocycles. The number of fused-ring (bicyclic) bond motifs is 1. The van der Waals surface area contributed by atoms with E-state index in [2.05, 4.69) is 32.8 Å². The molecule has 0 N–H and O–H groups in total. The average Bonchev–Trinajstić information content (AvgIpc) is 3.15. The molecule has 2 heterocycles. The van der Waals surface area contributed by atoms with Crippen molar-refractivity contribution < 1.29 is 9.53 Å². The van der Waals surface area contributed by atoms with Crippen LogP contribution in [0.3, 0.4) is 0 Å². The second-order valence-corrected chi connectivity index (χ2v) is 7.91. The lowest BCUT2D eigenvalue weighted by Crippen LogP contribution is -2.29. The molecule has 0 saturated heterocycles. The summed E-state index contributed by atoms with van der Waals surface area (Å²) in [6.45, 7) is 9.49. The van der Waals surface area contributed by atoms with Crippen molar-refractivity contribution in [3.05, 3.63) is 53.9 Å². The van der Waals surface area contributed by atoms with Crippen LogP contribution >= 0.6 is 0 Å². The summed E-state index contributed by atoms with van der Waals surface area (Å²) in [5.41, 5.74) is 2.34. The third-order valence-corrected chi connectivity index (χ3v) is 4.89. The molecule has 0 aliphatic heterocycles. The minimum Gasteiger partial charge on any atom is -0.494 e. The zero-order chi connectivity index (χ0) is 21.0. The Labute approximate surface area is 172 Å². The largest absolute Gasteiger partial charge is 0.494 e. The molecule has 0 aliphatic carbocycles. The molecular formula is C23H30N4O2. The molecule has 0 fully saturated rings. The first-order valence-electron chi connectivity index (χ1n) is 10.2. The molecule has 0 unspecified atom stereocenters. The summed E-state index contributed by atoms with van der Waals surface area (Å²) < 4.78 is 7.61. The van der Waals surface area contributed by atoms with Crippen molar-refractivity contribution in [3.63, 3.8) is 0 Å². The summed E-state index contributed by atoms with van der Waals surface area (Å²) in [5, 5.41) is 5.28. The van der Waals surface area contributed by atoms with Gasteiger partial charge in [-0.25, -0.2) is 9.67 Å². The summed E-state index contributed by atoms with van der Waals surface area (Å²) in [6, 6.07) is 11.8. The van der Waals surface area contributed by atoms with E-state index < -0.39 is 0 Å². The van der Waals surface area contributed by atoms with Crippen molar-refractivity contribution in [1.82, 2.24) is 19.7 Å². The van der Waals surface area contributed by atoms with Gasteiger partial charge < -0.3 is 9.64 Å². The molecule has 154 valence electrons. The number of aromatic nitrogens is 3. The predicted octanol–water partition coefficient (Wildman–Crippen LogP) is 4.68. The molecule has 0 aliphatic rings. The van der Waals surface area contributed by atoms with Crippen molar-refractivity contribution in [1.29, 1.82) is 0 Å². The van der Waals surface area contributed by atoms with Crippen molar-refractivity contribution in [3.8, 4) is 5.75 Å². The highest BCUT2D eigenvalue weighted by Crippen LogP contribution is 2.25. The van der Waals surface area contributed by atoms with Gasteiger partial charge in [0.15, 0.2) is 5.65 Å². The molecule has 0 atom stereocenters. The summed E-state index contributed by atoms with van der Waals surface area (Å²) in [4.78, 5) is 19.7. The van der Waals surface area contributed by atoms with Crippen LogP contribution in [-0.2, 0) is 0 Å². The van der Waals surface area contributed by atoms with Gasteiger partial charge in [-0.2, -0.15) is 5.10 Å². The van der Waals surface area contributed by atoms with Crippen LogP contribution in [0.4, 0.5) is 0 Å². The lowest BCUT2D eigenvalue weighted by atomic mass is 10.0. The Hall–Kier alpha value is -2.89. The zero-order valence-electron chi connectivity index (χ0n) is 17.9. The number of ether oxygens (including phenoxy) is 1. The number of hydrogen-bond acceptors (Lipinski definition) is 4. The topological polar surface area (TPSA) is 60.3 Å². The van der Waals surface area contributed by atoms with Crippen molar-refractivity contribution in [2.75, 3.05) is 20.2 Å². The standard InChI is InChI=1S/C23H30N4O2/c1-16(2)21-14-19(20-15-24-27(17(3)4)22(20)25-21)23(28)26(5)12-9-13-29-18-10-7-6-8-11-18/h6-8,10-11,14-17H,9,12-13H2,1-5H3. The lowest BCUT2D eigenvalue weighted by Gasteiger charge is -2.19. The van der Waals surface area contributed by atoms with E-state index in [1.54, 1.807) is 11.1 Å². The number of hydrogen-bond donors (Lipinski definition) is 0. The van der Waals surface area contributed by atoms with E-state index >= 15 is 0 Å². The lowest BCUT2D eigenvalue weighted by molar-refractivity contribution is 0.0789. The molecule has 3 aromatic rings. The summed E-state index contributed by atoms with van der Waals surface area (Å²) in [6.07, 6.45) is 2.51. The van der Waals surface area contributed by atoms with Crippen LogP contribution in [-0.4, -0.2) is 45.8 Å². The van der Waals surface area contributed by atoms with Crippen molar-refractivity contribution >= 4 is 16.9 Å². The summed E-state index contributed by atoms with van der Waals surface area (Å²) in [5.74, 6) is 1.06. The molecule has 2 aromatic heterocycles. The zero-order valence-corrected chi connectivity index (χ0v) is 17.9. The van der Waals surface area contributed by atoms with Gasteiger partial charge in [0.05, 0.1) is 23.8 Å². The molecular weight excluding hydrogens is 364 g/mol. The summed E-state index contributed by atoms with van der Waals surface area (Å²) >= 11 is 0. The number of para-hydroxylation sites is 1. The number of carbonyl (C=O) groups excluding carboxylic acids is 1. The molecule has 6 nitrogen and oxygen atoms in total. The van der Waals surface area contributed by atoms with E-state index in [0.717, 1.165) is 28.9 Å². The van der Waals surface area contributed by atoms with Crippen LogP contribution in [0.2, 0.25) is 0 Å². The summed E-state index contributed by atoms with van der Waals surface area (Å²) in [7, 11) is 1.83. The van der Waals surface area contributed by atoms with Gasteiger partial charge in [0.25, 0.3) is 5.91 Å². The second-order valence-electron chi connectivity index (χ2n) is 7.91. The van der Waals surface area contributed by atoms with Gasteiger partial charge in [0.2, 0.25) is 0 Å². The highest BCUT2D eigenvalue weighted by Gasteiger charge is 2.21. The van der Waals surface area contributed by atoms with E-state index in [1.165, 1.54) is 0 Å². The van der Waals surface area contributed by atoms with Crippen molar-refractivity contribution in [2.24, 2.45) is 0 Å². The van der Waals surface area contributed by atoms with E-state index in [0.29, 0.717) is 18.7 Å². The molecule has 0 spiro atoms. The number of carbonyl (C=O) groups is 1. The number of rotatable bonds is 8. The second kappa shape index (κ2) is 9.07. The molecule has 0 bridgehead atoms. The van der Waals surface area contributed by atoms with E-state index in [9.17, 15) is 4.79 Å². The van der Waals surface area contributed by atoms with Crippen LogP contribution in [0.25, 0.3) is 11.0 Å². The Kier molecular flexibility index (Phi) is 6.52. The van der Waals surface area contributed by atoms with Crippen LogP contribution in [0, 0.1) is 0 Å². The Balaban J connectivity index is 1.75. The fourth-order valence-electron chi connectivity index (χ4n) is 3.20. The maximum Gasteiger partial charge on any atom is 0.254 e. The first kappa shape index (κ1) is 20.8. The SMILES string of the molecule is CC(C)c1cc(C(=O)N(C)CCCOc2ccccc2)c2cnn(C(C)C)c2n1. The Bertz CT molecular complexity index is 964. The normalized spacial score (nSPS) is 11.4. The third kappa shape index (κ3) is 4.75. The molecule has 3 rings (SSSR count). The van der Waals surface area contributed by atoms with Crippen LogP contribution in [0.15, 0.2) is 42.6 Å². The molecule has 29 heavy (non-hydrogen) atoms. The first-order chi connectivity index (χ1) is 13.9. The fourth-order valence-corrected chi connectivity index (χ4v) is 3.20. The smallest absolute Gasteiger partial charge is 0.254 e. The number of amides is 1. The van der Waals surface area contributed by atoms with Crippen LogP contribution < -0.4 is 4.74 Å². The number of pyridine rings is 1. The number of benzene rings is 1. The van der Waals surface area contributed by atoms with Crippen LogP contribution in [0.5, 0.6) is 5.75 Å². The van der Waals surface area contributed by atoms with Crippen LogP contribution in [0.1, 0.15) is 62.1 Å². The quantitative estimate of drug-likeness (QED) is 0.521. The minimum atomic E-state index is -0.0117. The van der Waals surface area contributed by atoms with Gasteiger partial charge in [-0.1, -0.05) is 32.0 Å². The Morgan fingerprint density at radius 3 is 2.55 bits per heavy atom. The average molecular weight is 395 g/mol. The van der Waals surface area contributed by atoms with E-state index in [4.69, 9.17) is 9.72 Å². The number of nitrogens with zero attached hydrogens (tertiary/aromatic N) is 4. The minimum absolute atomic E-state index is 0.0117. The highest BCUT2D eigenvalue weighted by atomic mass is 16.5. The molecule has 1 amide bonds. The van der Waals surface area contributed by atoms with Gasteiger partial charge in [-0.15, -0.1) is 0 Å². The van der Waals surface area contributed by atoms with E-state index in [1.807, 2.05) is 48.1 Å². The molecule has 6 heteroatoms. The van der Waals surface area contributed by atoms with Gasteiger partial charge in [0.1, 0.15) is 5.75 Å². The van der Waals surface area contributed by atoms with Gasteiger partial charge in [0, 0.05) is 25.3 Å². The first-order valence-corrected chi connectivity index (χ1v) is 10.2. The van der Waals surface area contributed by atoms with E-state index in [-0.39, 0.29) is 17.9 Å². The highest BCUT2D eigenvalue weighted by molar-refractivity contribution is 6.05. The van der Waals surface area contributed by atoms with Gasteiger partial charge in [-0.3, -0.25) is 4.79 Å². The molecule has 0 radical (unpaired) electrons. The van der Waals surface area contributed by atoms with Gasteiger partial charge in [-0.05, 0) is 44.4 Å².